The molecule has 0 fully saturated rings. The van der Waals surface area contributed by atoms with Gasteiger partial charge in [0.25, 0.3) is 0 Å². The Kier molecular flexibility index (Phi) is 6.81. The Labute approximate surface area is 149 Å². The molecular weight excluding hydrogens is 372 g/mol. The fraction of sp³-hybridized carbons (Fsp3) is 0.222. The summed E-state index contributed by atoms with van der Waals surface area (Å²) in [5.74, 6) is 0.156. The summed E-state index contributed by atoms with van der Waals surface area (Å²) in [6.45, 7) is 0.480. The summed E-state index contributed by atoms with van der Waals surface area (Å²) >= 11 is 3.34. The van der Waals surface area contributed by atoms with Gasteiger partial charge >= 0.3 is 0 Å². The van der Waals surface area contributed by atoms with E-state index in [-0.39, 0.29) is 18.2 Å². The Morgan fingerprint density at radius 2 is 1.75 bits per heavy atom. The van der Waals surface area contributed by atoms with Crippen molar-refractivity contribution in [3.63, 3.8) is 0 Å². The molecule has 5 nitrogen and oxygen atoms in total. The summed E-state index contributed by atoms with van der Waals surface area (Å²) < 4.78 is 5.87. The largest absolute Gasteiger partial charge is 0.497 e. The summed E-state index contributed by atoms with van der Waals surface area (Å²) in [6, 6.07) is 14.9. The lowest BCUT2D eigenvalue weighted by Gasteiger charge is -2.08. The topological polar surface area (TPSA) is 67.4 Å². The van der Waals surface area contributed by atoms with Crippen LogP contribution in [-0.2, 0) is 16.0 Å². The molecule has 0 aliphatic carbocycles. The van der Waals surface area contributed by atoms with Crippen LogP contribution in [0.4, 0.5) is 5.69 Å². The smallest absolute Gasteiger partial charge is 0.233 e. The molecule has 0 saturated carbocycles. The zero-order valence-electron chi connectivity index (χ0n) is 13.3. The van der Waals surface area contributed by atoms with E-state index in [0.717, 1.165) is 15.8 Å². The van der Waals surface area contributed by atoms with Gasteiger partial charge in [0.15, 0.2) is 0 Å². The quantitative estimate of drug-likeness (QED) is 0.713. The summed E-state index contributed by atoms with van der Waals surface area (Å²) in [6.07, 6.45) is 0.492. The van der Waals surface area contributed by atoms with Crippen molar-refractivity contribution in [1.82, 2.24) is 5.32 Å². The molecule has 24 heavy (non-hydrogen) atoms. The molecule has 2 amide bonds. The molecule has 0 atom stereocenters. The van der Waals surface area contributed by atoms with Crippen LogP contribution in [-0.4, -0.2) is 25.5 Å². The molecule has 2 aromatic rings. The molecule has 0 unspecified atom stereocenters. The van der Waals surface area contributed by atoms with Gasteiger partial charge in [-0.2, -0.15) is 0 Å². The summed E-state index contributed by atoms with van der Waals surface area (Å²) in [5.41, 5.74) is 1.74. The molecule has 2 aromatic carbocycles. The fourth-order valence-electron chi connectivity index (χ4n) is 2.10. The lowest BCUT2D eigenvalue weighted by molar-refractivity contribution is -0.126. The molecule has 6 heteroatoms. The third-order valence-electron chi connectivity index (χ3n) is 3.36. The minimum absolute atomic E-state index is 0.204. The third-order valence-corrected chi connectivity index (χ3v) is 4.06. The van der Waals surface area contributed by atoms with E-state index in [2.05, 4.69) is 26.6 Å². The number of benzene rings is 2. The Balaban J connectivity index is 1.72. The molecule has 0 aromatic heterocycles. The number of hydrogen-bond donors (Lipinski definition) is 2. The van der Waals surface area contributed by atoms with E-state index in [1.807, 2.05) is 42.5 Å². The van der Waals surface area contributed by atoms with Gasteiger partial charge in [0, 0.05) is 11.0 Å². The highest BCUT2D eigenvalue weighted by Crippen LogP contribution is 2.21. The van der Waals surface area contributed by atoms with Crippen LogP contribution in [0.5, 0.6) is 5.75 Å². The maximum Gasteiger partial charge on any atom is 0.233 e. The number of hydrogen-bond acceptors (Lipinski definition) is 3. The minimum Gasteiger partial charge on any atom is -0.497 e. The maximum atomic E-state index is 11.9. The van der Waals surface area contributed by atoms with Gasteiger partial charge in [0.2, 0.25) is 11.8 Å². The van der Waals surface area contributed by atoms with Gasteiger partial charge in [-0.1, -0.05) is 24.3 Å². The van der Waals surface area contributed by atoms with E-state index in [1.54, 1.807) is 13.2 Å². The second-order valence-electron chi connectivity index (χ2n) is 5.15. The Morgan fingerprint density at radius 1 is 1.04 bits per heavy atom. The van der Waals surface area contributed by atoms with Gasteiger partial charge in [-0.15, -0.1) is 0 Å². The highest BCUT2D eigenvalue weighted by molar-refractivity contribution is 9.10. The van der Waals surface area contributed by atoms with Crippen molar-refractivity contribution in [2.45, 2.75) is 12.8 Å². The number of nitrogens with one attached hydrogen (secondary N) is 2. The second kappa shape index (κ2) is 9.08. The number of carbonyl (C=O) groups excluding carboxylic acids is 2. The predicted molar refractivity (Wildman–Crippen MR) is 97.1 cm³/mol. The van der Waals surface area contributed by atoms with Gasteiger partial charge in [-0.05, 0) is 52.2 Å². The van der Waals surface area contributed by atoms with Crippen LogP contribution in [0.2, 0.25) is 0 Å². The zero-order valence-corrected chi connectivity index (χ0v) is 14.9. The van der Waals surface area contributed by atoms with Crippen molar-refractivity contribution < 1.29 is 14.3 Å². The molecule has 2 N–H and O–H groups in total. The van der Waals surface area contributed by atoms with Crippen LogP contribution < -0.4 is 15.4 Å². The Morgan fingerprint density at radius 3 is 2.42 bits per heavy atom. The van der Waals surface area contributed by atoms with Crippen LogP contribution in [0.25, 0.3) is 0 Å². The third kappa shape index (κ3) is 5.70. The van der Waals surface area contributed by atoms with Crippen molar-refractivity contribution in [3.8, 4) is 5.75 Å². The number of para-hydroxylation sites is 1. The standard InChI is InChI=1S/C18H19BrN2O3/c1-24-14-8-6-13(7-9-14)10-11-20-17(22)12-18(23)21-16-5-3-2-4-15(16)19/h2-9H,10-12H2,1H3,(H,20,22)(H,21,23). The molecule has 0 aliphatic rings. The first-order valence-corrected chi connectivity index (χ1v) is 8.32. The fourth-order valence-corrected chi connectivity index (χ4v) is 2.49. The normalized spacial score (nSPS) is 10.1. The molecule has 0 aliphatic heterocycles. The first kappa shape index (κ1) is 18.0. The number of halogens is 1. The second-order valence-corrected chi connectivity index (χ2v) is 6.01. The number of ether oxygens (including phenoxy) is 1. The lowest BCUT2D eigenvalue weighted by Crippen LogP contribution is -2.29. The lowest BCUT2D eigenvalue weighted by atomic mass is 10.1. The van der Waals surface area contributed by atoms with Crippen molar-refractivity contribution in [3.05, 3.63) is 58.6 Å². The van der Waals surface area contributed by atoms with Gasteiger partial charge in [-0.3, -0.25) is 9.59 Å². The number of methoxy groups -OCH3 is 1. The molecule has 0 saturated heterocycles. The molecule has 0 heterocycles. The van der Waals surface area contributed by atoms with E-state index >= 15 is 0 Å². The average molecular weight is 391 g/mol. The molecule has 126 valence electrons. The van der Waals surface area contributed by atoms with Gasteiger partial charge in [0.05, 0.1) is 12.8 Å². The van der Waals surface area contributed by atoms with E-state index in [9.17, 15) is 9.59 Å². The Hall–Kier alpha value is -2.34. The van der Waals surface area contributed by atoms with Crippen molar-refractivity contribution >= 4 is 33.4 Å². The molecule has 0 spiro atoms. The van der Waals surface area contributed by atoms with E-state index in [0.29, 0.717) is 18.7 Å². The van der Waals surface area contributed by atoms with Gasteiger partial charge < -0.3 is 15.4 Å². The van der Waals surface area contributed by atoms with Gasteiger partial charge in [-0.25, -0.2) is 0 Å². The van der Waals surface area contributed by atoms with E-state index in [4.69, 9.17) is 4.74 Å². The molecule has 0 bridgehead atoms. The van der Waals surface area contributed by atoms with Gasteiger partial charge in [0.1, 0.15) is 12.2 Å². The predicted octanol–water partition coefficient (Wildman–Crippen LogP) is 3.15. The number of anilines is 1. The number of amides is 2. The average Bonchev–Trinajstić information content (AvgIpc) is 2.57. The Bertz CT molecular complexity index is 702. The first-order valence-electron chi connectivity index (χ1n) is 7.52. The SMILES string of the molecule is COc1ccc(CCNC(=O)CC(=O)Nc2ccccc2Br)cc1. The zero-order chi connectivity index (χ0) is 17.4. The molecular formula is C18H19BrN2O3. The maximum absolute atomic E-state index is 11.9. The van der Waals surface area contributed by atoms with Crippen LogP contribution in [0.3, 0.4) is 0 Å². The first-order chi connectivity index (χ1) is 11.6. The highest BCUT2D eigenvalue weighted by Gasteiger charge is 2.10. The van der Waals surface area contributed by atoms with Crippen molar-refractivity contribution in [2.24, 2.45) is 0 Å². The van der Waals surface area contributed by atoms with E-state index < -0.39 is 0 Å². The van der Waals surface area contributed by atoms with Crippen LogP contribution >= 0.6 is 15.9 Å². The van der Waals surface area contributed by atoms with Crippen LogP contribution in [0.15, 0.2) is 53.0 Å². The van der Waals surface area contributed by atoms with Crippen molar-refractivity contribution in [1.29, 1.82) is 0 Å². The monoisotopic (exact) mass is 390 g/mol. The van der Waals surface area contributed by atoms with Crippen molar-refractivity contribution in [2.75, 3.05) is 19.0 Å². The number of carbonyl (C=O) groups is 2. The van der Waals surface area contributed by atoms with E-state index in [1.165, 1.54) is 0 Å². The number of rotatable bonds is 7. The summed E-state index contributed by atoms with van der Waals surface area (Å²) in [4.78, 5) is 23.7. The summed E-state index contributed by atoms with van der Waals surface area (Å²) in [7, 11) is 1.62. The molecule has 0 radical (unpaired) electrons. The van der Waals surface area contributed by atoms with Crippen LogP contribution in [0, 0.1) is 0 Å². The van der Waals surface area contributed by atoms with Crippen LogP contribution in [0.1, 0.15) is 12.0 Å². The summed E-state index contributed by atoms with van der Waals surface area (Å²) in [5, 5.41) is 5.45. The minimum atomic E-state index is -0.344. The highest BCUT2D eigenvalue weighted by atomic mass is 79.9. The molecule has 2 rings (SSSR count).